The Labute approximate surface area is 106 Å². The highest BCUT2D eigenvalue weighted by Gasteiger charge is 2.07. The summed E-state index contributed by atoms with van der Waals surface area (Å²) in [5.41, 5.74) is 2.28. The van der Waals surface area contributed by atoms with Crippen LogP contribution in [0.25, 0.3) is 11.1 Å². The van der Waals surface area contributed by atoms with Gasteiger partial charge in [-0.05, 0) is 12.5 Å². The first-order valence-electron chi connectivity index (χ1n) is 6.01. The summed E-state index contributed by atoms with van der Waals surface area (Å²) >= 11 is 1.67. The average molecular weight is 247 g/mol. The van der Waals surface area contributed by atoms with E-state index in [0.29, 0.717) is 0 Å². The minimum absolute atomic E-state index is 0.803. The second-order valence-corrected chi connectivity index (χ2v) is 4.69. The lowest BCUT2D eigenvalue weighted by Gasteiger charge is -2.06. The average Bonchev–Trinajstić information content (AvgIpc) is 2.84. The van der Waals surface area contributed by atoms with Gasteiger partial charge in [0.15, 0.2) is 0 Å². The molecule has 2 nitrogen and oxygen atoms in total. The molecule has 2 aromatic heterocycles. The minimum Gasteiger partial charge on any atom is -0.492 e. The molecule has 17 heavy (non-hydrogen) atoms. The summed E-state index contributed by atoms with van der Waals surface area (Å²) in [4.78, 5) is 4.14. The number of hydrogen-bond donors (Lipinski definition) is 0. The molecule has 0 aliphatic rings. The zero-order chi connectivity index (χ0) is 11.9. The van der Waals surface area contributed by atoms with Gasteiger partial charge < -0.3 is 4.74 Å². The van der Waals surface area contributed by atoms with Crippen LogP contribution in [0, 0.1) is 0 Å². The summed E-state index contributed by atoms with van der Waals surface area (Å²) in [5, 5.41) is 4.18. The quantitative estimate of drug-likeness (QED) is 0.707. The van der Waals surface area contributed by atoms with E-state index in [1.807, 2.05) is 12.3 Å². The third kappa shape index (κ3) is 3.30. The van der Waals surface area contributed by atoms with Crippen molar-refractivity contribution in [3.8, 4) is 16.9 Å². The largest absolute Gasteiger partial charge is 0.492 e. The van der Waals surface area contributed by atoms with Crippen LogP contribution in [0.2, 0.25) is 0 Å². The first-order chi connectivity index (χ1) is 8.42. The zero-order valence-electron chi connectivity index (χ0n) is 10.1. The van der Waals surface area contributed by atoms with Crippen LogP contribution in [0.1, 0.15) is 26.2 Å². The van der Waals surface area contributed by atoms with E-state index in [9.17, 15) is 0 Å². The number of hydrogen-bond acceptors (Lipinski definition) is 3. The van der Waals surface area contributed by atoms with Crippen LogP contribution in [0.4, 0.5) is 0 Å². The van der Waals surface area contributed by atoms with Crippen molar-refractivity contribution in [1.29, 1.82) is 0 Å². The van der Waals surface area contributed by atoms with E-state index >= 15 is 0 Å². The number of ether oxygens (including phenoxy) is 1. The van der Waals surface area contributed by atoms with Crippen molar-refractivity contribution >= 4 is 11.3 Å². The van der Waals surface area contributed by atoms with Gasteiger partial charge in [-0.25, -0.2) is 0 Å². The van der Waals surface area contributed by atoms with Crippen molar-refractivity contribution < 1.29 is 4.74 Å². The Morgan fingerprint density at radius 2 is 2.24 bits per heavy atom. The summed E-state index contributed by atoms with van der Waals surface area (Å²) < 4.78 is 5.82. The molecule has 0 saturated heterocycles. The molecule has 0 aliphatic carbocycles. The van der Waals surface area contributed by atoms with Crippen LogP contribution in [0.3, 0.4) is 0 Å². The number of rotatable bonds is 6. The molecule has 0 bridgehead atoms. The molecule has 3 heteroatoms. The van der Waals surface area contributed by atoms with Gasteiger partial charge >= 0.3 is 0 Å². The fourth-order valence-corrected chi connectivity index (χ4v) is 2.44. The molecule has 0 aliphatic heterocycles. The van der Waals surface area contributed by atoms with Crippen LogP contribution < -0.4 is 4.74 Å². The molecule has 0 atom stereocenters. The number of unbranched alkanes of at least 4 members (excludes halogenated alkanes) is 2. The van der Waals surface area contributed by atoms with Crippen molar-refractivity contribution in [1.82, 2.24) is 4.98 Å². The molecular weight excluding hydrogens is 230 g/mol. The lowest BCUT2D eigenvalue weighted by Crippen LogP contribution is -1.96. The lowest BCUT2D eigenvalue weighted by atomic mass is 10.1. The predicted octanol–water partition coefficient (Wildman–Crippen LogP) is 4.38. The molecule has 0 unspecified atom stereocenters. The minimum atomic E-state index is 0.803. The Morgan fingerprint density at radius 3 is 3.00 bits per heavy atom. The van der Waals surface area contributed by atoms with Crippen molar-refractivity contribution in [2.75, 3.05) is 6.61 Å². The van der Waals surface area contributed by atoms with E-state index in [1.54, 1.807) is 17.5 Å². The van der Waals surface area contributed by atoms with Crippen LogP contribution >= 0.6 is 11.3 Å². The summed E-state index contributed by atoms with van der Waals surface area (Å²) in [6.07, 6.45) is 7.24. The van der Waals surface area contributed by atoms with Gasteiger partial charge in [0.2, 0.25) is 0 Å². The standard InChI is InChI=1S/C14H17NOS/c1-2-3-4-8-16-14-11-17-10-13(14)12-6-5-7-15-9-12/h5-7,9-11H,2-4,8H2,1H3. The molecule has 2 rings (SSSR count). The molecule has 0 aromatic carbocycles. The molecular formula is C14H17NOS. The molecule has 0 amide bonds. The van der Waals surface area contributed by atoms with Gasteiger partial charge in [-0.3, -0.25) is 4.98 Å². The molecule has 0 radical (unpaired) electrons. The van der Waals surface area contributed by atoms with Gasteiger partial charge in [-0.2, -0.15) is 0 Å². The maximum absolute atomic E-state index is 5.82. The van der Waals surface area contributed by atoms with E-state index in [4.69, 9.17) is 4.74 Å². The molecule has 90 valence electrons. The SMILES string of the molecule is CCCCCOc1cscc1-c1cccnc1. The number of aromatic nitrogens is 1. The van der Waals surface area contributed by atoms with Crippen LogP contribution in [0.15, 0.2) is 35.3 Å². The highest BCUT2D eigenvalue weighted by Crippen LogP contribution is 2.33. The Morgan fingerprint density at radius 1 is 1.29 bits per heavy atom. The third-order valence-corrected chi connectivity index (χ3v) is 3.33. The summed E-state index contributed by atoms with van der Waals surface area (Å²) in [5.74, 6) is 0.985. The predicted molar refractivity (Wildman–Crippen MR) is 72.6 cm³/mol. The highest BCUT2D eigenvalue weighted by atomic mass is 32.1. The fourth-order valence-electron chi connectivity index (χ4n) is 1.66. The van der Waals surface area contributed by atoms with Crippen molar-refractivity contribution in [3.63, 3.8) is 0 Å². The van der Waals surface area contributed by atoms with Gasteiger partial charge in [-0.15, -0.1) is 11.3 Å². The molecule has 0 spiro atoms. The van der Waals surface area contributed by atoms with Crippen molar-refractivity contribution in [2.45, 2.75) is 26.2 Å². The van der Waals surface area contributed by atoms with Crippen molar-refractivity contribution in [2.24, 2.45) is 0 Å². The lowest BCUT2D eigenvalue weighted by molar-refractivity contribution is 0.308. The van der Waals surface area contributed by atoms with E-state index in [2.05, 4.69) is 28.7 Å². The Bertz CT molecular complexity index is 438. The molecule has 2 aromatic rings. The normalized spacial score (nSPS) is 10.4. The number of nitrogens with zero attached hydrogens (tertiary/aromatic N) is 1. The Kier molecular flexibility index (Phi) is 4.56. The van der Waals surface area contributed by atoms with Crippen LogP contribution in [0.5, 0.6) is 5.75 Å². The second kappa shape index (κ2) is 6.40. The van der Waals surface area contributed by atoms with Gasteiger partial charge in [-0.1, -0.05) is 25.8 Å². The molecule has 0 fully saturated rings. The summed E-state index contributed by atoms with van der Waals surface area (Å²) in [7, 11) is 0. The molecule has 0 N–H and O–H groups in total. The zero-order valence-corrected chi connectivity index (χ0v) is 10.9. The third-order valence-electron chi connectivity index (χ3n) is 2.60. The van der Waals surface area contributed by atoms with E-state index in [-0.39, 0.29) is 0 Å². The summed E-state index contributed by atoms with van der Waals surface area (Å²) in [6.45, 7) is 3.00. The first-order valence-corrected chi connectivity index (χ1v) is 6.95. The monoisotopic (exact) mass is 247 g/mol. The van der Waals surface area contributed by atoms with Crippen molar-refractivity contribution in [3.05, 3.63) is 35.3 Å². The van der Waals surface area contributed by atoms with E-state index in [0.717, 1.165) is 29.9 Å². The van der Waals surface area contributed by atoms with Gasteiger partial charge in [0.05, 0.1) is 6.61 Å². The van der Waals surface area contributed by atoms with E-state index in [1.165, 1.54) is 12.8 Å². The number of pyridine rings is 1. The smallest absolute Gasteiger partial charge is 0.137 e. The second-order valence-electron chi connectivity index (χ2n) is 3.95. The highest BCUT2D eigenvalue weighted by molar-refractivity contribution is 7.08. The van der Waals surface area contributed by atoms with E-state index < -0.39 is 0 Å². The van der Waals surface area contributed by atoms with Gasteiger partial charge in [0.25, 0.3) is 0 Å². The first kappa shape index (κ1) is 12.1. The van der Waals surface area contributed by atoms with Crippen LogP contribution in [-0.4, -0.2) is 11.6 Å². The maximum Gasteiger partial charge on any atom is 0.137 e. The maximum atomic E-state index is 5.82. The Hall–Kier alpha value is -1.35. The molecule has 2 heterocycles. The Balaban J connectivity index is 2.02. The number of thiophene rings is 1. The van der Waals surface area contributed by atoms with Gasteiger partial charge in [0, 0.05) is 34.3 Å². The van der Waals surface area contributed by atoms with Gasteiger partial charge in [0.1, 0.15) is 5.75 Å². The molecule has 0 saturated carbocycles. The topological polar surface area (TPSA) is 22.1 Å². The summed E-state index contributed by atoms with van der Waals surface area (Å²) in [6, 6.07) is 4.02. The van der Waals surface area contributed by atoms with Crippen LogP contribution in [-0.2, 0) is 0 Å². The fraction of sp³-hybridized carbons (Fsp3) is 0.357.